The number of hydrogen-bond donors (Lipinski definition) is 3. The largest absolute Gasteiger partial charge is 0.391 e. The maximum absolute atomic E-state index is 16.2. The van der Waals surface area contributed by atoms with Gasteiger partial charge in [0.05, 0.1) is 28.6 Å². The van der Waals surface area contributed by atoms with Crippen molar-refractivity contribution in [3.63, 3.8) is 0 Å². The number of carbonyl (C=O) groups is 1. The normalized spacial score (nSPS) is 27.5. The molecule has 2 saturated heterocycles. The van der Waals surface area contributed by atoms with Crippen LogP contribution in [0.1, 0.15) is 76.0 Å². The summed E-state index contributed by atoms with van der Waals surface area (Å²) in [5.74, 6) is 1.88. The Hall–Kier alpha value is -3.98. The monoisotopic (exact) mass is 768 g/mol. The Bertz CT molecular complexity index is 2080. The number of alkyl halides is 1. The molecule has 55 heavy (non-hydrogen) atoms. The summed E-state index contributed by atoms with van der Waals surface area (Å²) in [6, 6.07) is 15.3. The summed E-state index contributed by atoms with van der Waals surface area (Å²) in [5, 5.41) is 23.1. The van der Waals surface area contributed by atoms with Gasteiger partial charge in [-0.2, -0.15) is 10.1 Å². The molecule has 5 heterocycles. The van der Waals surface area contributed by atoms with Crippen molar-refractivity contribution in [2.24, 2.45) is 7.05 Å². The zero-order valence-corrected chi connectivity index (χ0v) is 33.2. The highest BCUT2D eigenvalue weighted by Crippen LogP contribution is 2.58. The van der Waals surface area contributed by atoms with E-state index in [0.29, 0.717) is 31.2 Å². The number of halogens is 1. The van der Waals surface area contributed by atoms with Crippen molar-refractivity contribution in [1.29, 1.82) is 0 Å². The van der Waals surface area contributed by atoms with Crippen molar-refractivity contribution in [3.05, 3.63) is 59.8 Å². The van der Waals surface area contributed by atoms with E-state index < -0.39 is 23.2 Å². The smallest absolute Gasteiger partial charge is 0.239 e. The fourth-order valence-electron chi connectivity index (χ4n) is 9.35. The zero-order chi connectivity index (χ0) is 38.1. The summed E-state index contributed by atoms with van der Waals surface area (Å²) in [7, 11) is 3.90. The molecule has 4 aromatic rings. The lowest BCUT2D eigenvalue weighted by atomic mass is 9.89. The predicted octanol–water partition coefficient (Wildman–Crippen LogP) is 5.89. The van der Waals surface area contributed by atoms with Crippen molar-refractivity contribution < 1.29 is 14.3 Å². The number of piperazine rings is 1. The lowest BCUT2D eigenvalue weighted by Crippen LogP contribution is -2.54. The summed E-state index contributed by atoms with van der Waals surface area (Å²) >= 11 is 1.62. The van der Waals surface area contributed by atoms with E-state index in [1.54, 1.807) is 23.0 Å². The molecule has 4 fully saturated rings. The third kappa shape index (κ3) is 6.52. The number of benzene rings is 2. The highest BCUT2D eigenvalue weighted by atomic mass is 32.2. The molecule has 3 N–H and O–H groups in total. The van der Waals surface area contributed by atoms with Crippen LogP contribution in [0.4, 0.5) is 27.7 Å². The molecule has 9 rings (SSSR count). The number of nitrogens with zero attached hydrogens (tertiary/aromatic N) is 8. The van der Waals surface area contributed by atoms with E-state index in [9.17, 15) is 9.90 Å². The molecule has 1 amide bonds. The van der Waals surface area contributed by atoms with Crippen molar-refractivity contribution in [1.82, 2.24) is 29.0 Å². The van der Waals surface area contributed by atoms with Gasteiger partial charge in [0.1, 0.15) is 12.0 Å². The van der Waals surface area contributed by atoms with E-state index in [1.807, 2.05) is 25.7 Å². The fourth-order valence-corrected chi connectivity index (χ4v) is 10.4. The van der Waals surface area contributed by atoms with Gasteiger partial charge in [-0.05, 0) is 93.8 Å². The standard InChI is InChI=1S/C41H53FN10O2S/c1-26(49-18-20-50(21-19-49)28-12-13-30-33(23-28)48(4)47-36(30)43-3)27-8-7-9-29(22-27)55-51-17-16-40(2,35(42)25-51)46-39-44-24-31-37(45-39)52(38(54)41(31)14-15-41)32-10-5-6-11-34(32)53/h7-9,12-13,22-24,26,32,34-35,53H,5-6,10-11,14-21,25H2,1-4H3,(H,43,47)(H,44,45,46)/t26?,32?,34-,35?,40-/m0/s1. The molecule has 5 atom stereocenters. The second kappa shape index (κ2) is 14.2. The molecular formula is C41H53FN10O2S. The summed E-state index contributed by atoms with van der Waals surface area (Å²) in [6.07, 6.45) is 5.57. The van der Waals surface area contributed by atoms with Crippen molar-refractivity contribution >= 4 is 52.0 Å². The molecule has 1 spiro atoms. The Morgan fingerprint density at radius 2 is 1.84 bits per heavy atom. The van der Waals surface area contributed by atoms with Gasteiger partial charge in [-0.3, -0.25) is 19.3 Å². The minimum atomic E-state index is -1.17. The number of nitrogens with one attached hydrogen (secondary N) is 2. The number of aliphatic hydroxyl groups is 1. The van der Waals surface area contributed by atoms with Crippen LogP contribution in [-0.4, -0.2) is 110 Å². The first kappa shape index (κ1) is 36.6. The highest BCUT2D eigenvalue weighted by Gasteiger charge is 2.62. The number of aliphatic hydroxyl groups excluding tert-OH is 1. The third-order valence-electron chi connectivity index (χ3n) is 13.1. The summed E-state index contributed by atoms with van der Waals surface area (Å²) in [6.45, 7) is 9.01. The molecule has 14 heteroatoms. The van der Waals surface area contributed by atoms with Gasteiger partial charge < -0.3 is 20.6 Å². The molecule has 2 aromatic carbocycles. The van der Waals surface area contributed by atoms with Gasteiger partial charge in [0.25, 0.3) is 0 Å². The highest BCUT2D eigenvalue weighted by molar-refractivity contribution is 7.97. The first-order valence-electron chi connectivity index (χ1n) is 20.0. The molecule has 5 aliphatic rings. The number of anilines is 4. The number of aryl methyl sites for hydroxylation is 1. The number of carbonyl (C=O) groups excluding carboxylic acids is 1. The Morgan fingerprint density at radius 3 is 2.58 bits per heavy atom. The van der Waals surface area contributed by atoms with Gasteiger partial charge in [-0.25, -0.2) is 13.7 Å². The Labute approximate surface area is 327 Å². The van der Waals surface area contributed by atoms with Crippen LogP contribution in [0, 0.1) is 0 Å². The van der Waals surface area contributed by atoms with Gasteiger partial charge in [-0.1, -0.05) is 25.0 Å². The lowest BCUT2D eigenvalue weighted by Gasteiger charge is -2.42. The number of aromatic nitrogens is 4. The van der Waals surface area contributed by atoms with Crippen LogP contribution in [0.2, 0.25) is 0 Å². The Balaban J connectivity index is 0.816. The summed E-state index contributed by atoms with van der Waals surface area (Å²) < 4.78 is 20.3. The molecule has 3 aliphatic heterocycles. The van der Waals surface area contributed by atoms with Gasteiger partial charge in [0.2, 0.25) is 11.9 Å². The van der Waals surface area contributed by atoms with E-state index in [1.165, 1.54) is 11.3 Å². The number of amides is 1. The van der Waals surface area contributed by atoms with Crippen LogP contribution in [-0.2, 0) is 17.3 Å². The third-order valence-corrected chi connectivity index (χ3v) is 14.2. The maximum atomic E-state index is 16.2. The van der Waals surface area contributed by atoms with Gasteiger partial charge in [-0.15, -0.1) is 0 Å². The van der Waals surface area contributed by atoms with Crippen LogP contribution < -0.4 is 20.4 Å². The minimum absolute atomic E-state index is 0.0413. The second-order valence-electron chi connectivity index (χ2n) is 16.5. The van der Waals surface area contributed by atoms with Gasteiger partial charge >= 0.3 is 0 Å². The average Bonchev–Trinajstić information content (AvgIpc) is 3.89. The maximum Gasteiger partial charge on any atom is 0.239 e. The molecular weight excluding hydrogens is 716 g/mol. The predicted molar refractivity (Wildman–Crippen MR) is 217 cm³/mol. The van der Waals surface area contributed by atoms with Crippen LogP contribution >= 0.6 is 11.9 Å². The SMILES string of the molecule is CNc1nn(C)c2cc(N3CCN(C(C)c4cccc(SN5CC[C@](C)(Nc6ncc7c(n6)N(C6CCCC[C@@H]6O)C(=O)C76CC6)C(F)C5)c4)CC3)ccc12. The first-order chi connectivity index (χ1) is 26.6. The van der Waals surface area contributed by atoms with Gasteiger partial charge in [0, 0.05) is 87.1 Å². The Morgan fingerprint density at radius 1 is 1.04 bits per heavy atom. The summed E-state index contributed by atoms with van der Waals surface area (Å²) in [4.78, 5) is 31.1. The topological polar surface area (TPSA) is 118 Å². The lowest BCUT2D eigenvalue weighted by molar-refractivity contribution is -0.121. The molecule has 2 aromatic heterocycles. The van der Waals surface area contributed by atoms with Crippen molar-refractivity contribution in [2.75, 3.05) is 66.7 Å². The molecule has 2 aliphatic carbocycles. The van der Waals surface area contributed by atoms with E-state index >= 15 is 4.39 Å². The van der Waals surface area contributed by atoms with Crippen LogP contribution in [0.3, 0.4) is 0 Å². The second-order valence-corrected chi connectivity index (χ2v) is 17.7. The Kier molecular flexibility index (Phi) is 9.46. The van der Waals surface area contributed by atoms with Crippen LogP contribution in [0.5, 0.6) is 0 Å². The summed E-state index contributed by atoms with van der Waals surface area (Å²) in [5.41, 5.74) is 3.07. The minimum Gasteiger partial charge on any atom is -0.391 e. The molecule has 292 valence electrons. The molecule has 0 radical (unpaired) electrons. The average molecular weight is 769 g/mol. The van der Waals surface area contributed by atoms with E-state index in [-0.39, 0.29) is 24.5 Å². The van der Waals surface area contributed by atoms with Gasteiger partial charge in [0.15, 0.2) is 5.82 Å². The zero-order valence-electron chi connectivity index (χ0n) is 32.3. The van der Waals surface area contributed by atoms with E-state index in [4.69, 9.17) is 4.98 Å². The van der Waals surface area contributed by atoms with E-state index in [0.717, 1.165) is 85.5 Å². The number of piperidine rings is 1. The molecule has 3 unspecified atom stereocenters. The van der Waals surface area contributed by atoms with Crippen molar-refractivity contribution in [3.8, 4) is 0 Å². The fraction of sp³-hybridized carbons (Fsp3) is 0.561. The molecule has 2 saturated carbocycles. The van der Waals surface area contributed by atoms with E-state index in [2.05, 4.69) is 84.2 Å². The number of rotatable bonds is 9. The van der Waals surface area contributed by atoms with Crippen LogP contribution in [0.25, 0.3) is 10.9 Å². The molecule has 12 nitrogen and oxygen atoms in total. The van der Waals surface area contributed by atoms with Crippen molar-refractivity contribution in [2.45, 2.75) is 99.0 Å². The number of hydrogen-bond acceptors (Lipinski definition) is 11. The molecule has 0 bridgehead atoms. The number of fused-ring (bicyclic) bond motifs is 3. The quantitative estimate of drug-likeness (QED) is 0.177. The first-order valence-corrected chi connectivity index (χ1v) is 20.8. The van der Waals surface area contributed by atoms with Crippen LogP contribution in [0.15, 0.2) is 53.6 Å².